The molecule has 2 aromatic rings. The Morgan fingerprint density at radius 2 is 2.00 bits per heavy atom. The molecule has 1 aromatic carbocycles. The quantitative estimate of drug-likeness (QED) is 0.850. The average Bonchev–Trinajstić information content (AvgIpc) is 2.86. The molecule has 0 saturated carbocycles. The number of nitrogens with zero attached hydrogens (tertiary/aromatic N) is 1. The molecule has 1 unspecified atom stereocenters. The van der Waals surface area contributed by atoms with E-state index >= 15 is 0 Å². The zero-order valence-corrected chi connectivity index (χ0v) is 11.8. The highest BCUT2D eigenvalue weighted by Gasteiger charge is 2.39. The number of halogens is 1. The standard InChI is InChI=1S/C15H14FNO2S/c1-15(9-6-13(16)7-10-15)20(18,19)17-11-8-12-4-2-3-5-14(12)17/h2-9,11H,10H2,1H3. The number of rotatable bonds is 2. The van der Waals surface area contributed by atoms with E-state index in [4.69, 9.17) is 0 Å². The lowest BCUT2D eigenvalue weighted by atomic mass is 10.0. The minimum Gasteiger partial charge on any atom is -0.244 e. The summed E-state index contributed by atoms with van der Waals surface area (Å²) in [6.07, 6.45) is 5.63. The number of fused-ring (bicyclic) bond motifs is 1. The molecule has 0 amide bonds. The SMILES string of the molecule is CC1(S(=O)(=O)n2ccc3ccccc32)C=CC(F)=CC1. The van der Waals surface area contributed by atoms with Crippen molar-refractivity contribution < 1.29 is 12.8 Å². The molecule has 0 bridgehead atoms. The highest BCUT2D eigenvalue weighted by molar-refractivity contribution is 7.91. The van der Waals surface area contributed by atoms with Crippen LogP contribution in [0.4, 0.5) is 4.39 Å². The molecule has 0 fully saturated rings. The molecular formula is C15H14FNO2S. The van der Waals surface area contributed by atoms with E-state index in [2.05, 4.69) is 0 Å². The summed E-state index contributed by atoms with van der Waals surface area (Å²) in [5, 5.41) is 0.862. The van der Waals surface area contributed by atoms with Gasteiger partial charge in [-0.1, -0.05) is 24.3 Å². The number of allylic oxidation sites excluding steroid dienone is 3. The summed E-state index contributed by atoms with van der Waals surface area (Å²) < 4.78 is 38.9. The first kappa shape index (κ1) is 13.1. The monoisotopic (exact) mass is 291 g/mol. The van der Waals surface area contributed by atoms with E-state index < -0.39 is 20.6 Å². The third-order valence-electron chi connectivity index (χ3n) is 3.71. The van der Waals surface area contributed by atoms with Crippen molar-refractivity contribution in [3.05, 3.63) is 60.6 Å². The van der Waals surface area contributed by atoms with Crippen molar-refractivity contribution in [1.29, 1.82) is 0 Å². The molecule has 1 aromatic heterocycles. The van der Waals surface area contributed by atoms with Crippen LogP contribution in [0.2, 0.25) is 0 Å². The van der Waals surface area contributed by atoms with Gasteiger partial charge in [0.15, 0.2) is 0 Å². The molecule has 1 atom stereocenters. The Labute approximate surface area is 117 Å². The minimum atomic E-state index is -3.65. The second kappa shape index (κ2) is 4.31. The van der Waals surface area contributed by atoms with Gasteiger partial charge in [-0.15, -0.1) is 0 Å². The summed E-state index contributed by atoms with van der Waals surface area (Å²) in [6, 6.07) is 9.05. The van der Waals surface area contributed by atoms with E-state index in [9.17, 15) is 12.8 Å². The second-order valence-electron chi connectivity index (χ2n) is 5.11. The minimum absolute atomic E-state index is 0.129. The summed E-state index contributed by atoms with van der Waals surface area (Å²) in [5.74, 6) is -0.393. The van der Waals surface area contributed by atoms with Gasteiger partial charge >= 0.3 is 0 Å². The fourth-order valence-corrected chi connectivity index (χ4v) is 4.00. The van der Waals surface area contributed by atoms with Crippen molar-refractivity contribution in [3.8, 4) is 0 Å². The zero-order chi connectivity index (χ0) is 14.4. The fourth-order valence-electron chi connectivity index (χ4n) is 2.38. The summed E-state index contributed by atoms with van der Waals surface area (Å²) in [6.45, 7) is 1.61. The van der Waals surface area contributed by atoms with Gasteiger partial charge in [0.25, 0.3) is 0 Å². The van der Waals surface area contributed by atoms with Crippen LogP contribution in [0.25, 0.3) is 10.9 Å². The first-order valence-corrected chi connectivity index (χ1v) is 7.74. The van der Waals surface area contributed by atoms with Crippen molar-refractivity contribution in [1.82, 2.24) is 3.97 Å². The lowest BCUT2D eigenvalue weighted by molar-refractivity contribution is 0.549. The van der Waals surface area contributed by atoms with Crippen LogP contribution < -0.4 is 0 Å². The van der Waals surface area contributed by atoms with Gasteiger partial charge in [-0.3, -0.25) is 0 Å². The third kappa shape index (κ3) is 1.81. The maximum absolute atomic E-state index is 13.1. The molecule has 0 saturated heterocycles. The largest absolute Gasteiger partial charge is 0.248 e. The number of para-hydroxylation sites is 1. The summed E-state index contributed by atoms with van der Waals surface area (Å²) in [7, 11) is -3.65. The maximum Gasteiger partial charge on any atom is 0.248 e. The van der Waals surface area contributed by atoms with Crippen LogP contribution in [0.5, 0.6) is 0 Å². The van der Waals surface area contributed by atoms with E-state index in [1.165, 1.54) is 22.2 Å². The number of aromatic nitrogens is 1. The Morgan fingerprint density at radius 1 is 1.25 bits per heavy atom. The summed E-state index contributed by atoms with van der Waals surface area (Å²) in [4.78, 5) is 0. The average molecular weight is 291 g/mol. The van der Waals surface area contributed by atoms with Crippen LogP contribution in [0, 0.1) is 0 Å². The lowest BCUT2D eigenvalue weighted by Gasteiger charge is -2.27. The molecule has 1 aliphatic rings. The maximum atomic E-state index is 13.1. The Hall–Kier alpha value is -1.88. The van der Waals surface area contributed by atoms with E-state index in [1.807, 2.05) is 12.1 Å². The van der Waals surface area contributed by atoms with Gasteiger partial charge in [0.1, 0.15) is 10.6 Å². The Balaban J connectivity index is 2.16. The van der Waals surface area contributed by atoms with Crippen LogP contribution in [-0.4, -0.2) is 17.1 Å². The Kier molecular flexibility index (Phi) is 2.83. The van der Waals surface area contributed by atoms with Gasteiger partial charge in [0.05, 0.1) is 5.52 Å². The summed E-state index contributed by atoms with van der Waals surface area (Å²) >= 11 is 0. The molecule has 104 valence electrons. The van der Waals surface area contributed by atoms with Gasteiger partial charge in [-0.2, -0.15) is 0 Å². The molecular weight excluding hydrogens is 277 g/mol. The Bertz CT molecular complexity index is 832. The van der Waals surface area contributed by atoms with Crippen LogP contribution in [0.1, 0.15) is 13.3 Å². The van der Waals surface area contributed by atoms with Crippen LogP contribution in [0.3, 0.4) is 0 Å². The van der Waals surface area contributed by atoms with Gasteiger partial charge < -0.3 is 0 Å². The lowest BCUT2D eigenvalue weighted by Crippen LogP contribution is -2.38. The van der Waals surface area contributed by atoms with Crippen LogP contribution >= 0.6 is 0 Å². The first-order chi connectivity index (χ1) is 9.44. The van der Waals surface area contributed by atoms with E-state index in [0.717, 1.165) is 5.39 Å². The van der Waals surface area contributed by atoms with Crippen molar-refractivity contribution >= 4 is 20.9 Å². The molecule has 0 aliphatic heterocycles. The molecule has 20 heavy (non-hydrogen) atoms. The van der Waals surface area contributed by atoms with E-state index in [-0.39, 0.29) is 6.42 Å². The molecule has 0 radical (unpaired) electrons. The van der Waals surface area contributed by atoms with Gasteiger partial charge in [-0.05, 0) is 37.6 Å². The smallest absolute Gasteiger partial charge is 0.244 e. The molecule has 0 N–H and O–H groups in total. The van der Waals surface area contributed by atoms with Crippen molar-refractivity contribution in [3.63, 3.8) is 0 Å². The van der Waals surface area contributed by atoms with E-state index in [0.29, 0.717) is 5.52 Å². The van der Waals surface area contributed by atoms with Crippen molar-refractivity contribution in [2.45, 2.75) is 18.1 Å². The predicted octanol–water partition coefficient (Wildman–Crippen LogP) is 3.39. The highest BCUT2D eigenvalue weighted by atomic mass is 32.2. The molecule has 3 rings (SSSR count). The van der Waals surface area contributed by atoms with Crippen molar-refractivity contribution in [2.24, 2.45) is 0 Å². The van der Waals surface area contributed by atoms with Gasteiger partial charge in [-0.25, -0.2) is 16.8 Å². The van der Waals surface area contributed by atoms with Crippen molar-refractivity contribution in [2.75, 3.05) is 0 Å². The highest BCUT2D eigenvalue weighted by Crippen LogP contribution is 2.32. The summed E-state index contributed by atoms with van der Waals surface area (Å²) in [5.41, 5.74) is 0.636. The fraction of sp³-hybridized carbons (Fsp3) is 0.200. The first-order valence-electron chi connectivity index (χ1n) is 6.30. The number of hydrogen-bond acceptors (Lipinski definition) is 2. The number of benzene rings is 1. The second-order valence-corrected chi connectivity index (χ2v) is 7.39. The third-order valence-corrected chi connectivity index (χ3v) is 6.03. The molecule has 1 aliphatic carbocycles. The molecule has 3 nitrogen and oxygen atoms in total. The van der Waals surface area contributed by atoms with E-state index in [1.54, 1.807) is 31.3 Å². The van der Waals surface area contributed by atoms with Gasteiger partial charge in [0, 0.05) is 11.6 Å². The molecule has 1 heterocycles. The van der Waals surface area contributed by atoms with Crippen LogP contribution in [-0.2, 0) is 10.0 Å². The Morgan fingerprint density at radius 3 is 2.70 bits per heavy atom. The van der Waals surface area contributed by atoms with Crippen LogP contribution in [0.15, 0.2) is 60.6 Å². The zero-order valence-electron chi connectivity index (χ0n) is 11.0. The number of hydrogen-bond donors (Lipinski definition) is 0. The predicted molar refractivity (Wildman–Crippen MR) is 77.6 cm³/mol. The topological polar surface area (TPSA) is 39.1 Å². The normalized spacial score (nSPS) is 23.0. The molecule has 0 spiro atoms. The molecule has 5 heteroatoms. The van der Waals surface area contributed by atoms with Gasteiger partial charge in [0.2, 0.25) is 10.0 Å².